The van der Waals surface area contributed by atoms with Gasteiger partial charge in [-0.1, -0.05) is 42.5 Å². The molecule has 2 amide bonds. The summed E-state index contributed by atoms with van der Waals surface area (Å²) in [5.41, 5.74) is 7.45. The molecule has 164 valence electrons. The third kappa shape index (κ3) is 5.01. The molecule has 0 aliphatic heterocycles. The summed E-state index contributed by atoms with van der Waals surface area (Å²) in [5, 5.41) is 12.6. The zero-order chi connectivity index (χ0) is 21.9. The normalized spacial score (nSPS) is 15.5. The van der Waals surface area contributed by atoms with Gasteiger partial charge in [-0.15, -0.1) is 10.2 Å². The molecule has 3 aromatic rings. The smallest absolute Gasteiger partial charge is 0.269 e. The standard InChI is InChI=1S/C24H26N6O2/c31-22(14-21(17-10-11-17)18-12-13-18)25-27-24(32)20-8-6-16(7-9-20)15-30-28-23(26-29-30)19-4-2-1-3-5-19/h1-9,17-18,21H,10-15H2,(H,25,31)(H,27,32). The molecule has 0 radical (unpaired) electrons. The van der Waals surface area contributed by atoms with Gasteiger partial charge in [-0.05, 0) is 66.3 Å². The van der Waals surface area contributed by atoms with Crippen LogP contribution in [0.25, 0.3) is 11.4 Å². The first-order valence-corrected chi connectivity index (χ1v) is 11.2. The number of nitrogens with one attached hydrogen (secondary N) is 2. The van der Waals surface area contributed by atoms with Crippen LogP contribution in [0.2, 0.25) is 0 Å². The fourth-order valence-electron chi connectivity index (χ4n) is 4.17. The van der Waals surface area contributed by atoms with Gasteiger partial charge < -0.3 is 0 Å². The second-order valence-electron chi connectivity index (χ2n) is 8.75. The highest BCUT2D eigenvalue weighted by Gasteiger charge is 2.42. The number of tetrazole rings is 1. The fourth-order valence-corrected chi connectivity index (χ4v) is 4.17. The second-order valence-corrected chi connectivity index (χ2v) is 8.75. The second kappa shape index (κ2) is 8.90. The van der Waals surface area contributed by atoms with Crippen LogP contribution in [0.5, 0.6) is 0 Å². The van der Waals surface area contributed by atoms with Crippen LogP contribution < -0.4 is 10.9 Å². The first-order chi connectivity index (χ1) is 15.7. The molecule has 2 aliphatic rings. The van der Waals surface area contributed by atoms with Crippen LogP contribution in [-0.2, 0) is 11.3 Å². The summed E-state index contributed by atoms with van der Waals surface area (Å²) in [5.74, 6) is 2.04. The van der Waals surface area contributed by atoms with Crippen molar-refractivity contribution in [2.45, 2.75) is 38.6 Å². The van der Waals surface area contributed by atoms with Crippen LogP contribution in [0.15, 0.2) is 54.6 Å². The van der Waals surface area contributed by atoms with Crippen molar-refractivity contribution < 1.29 is 9.59 Å². The molecule has 1 aromatic heterocycles. The molecular weight excluding hydrogens is 404 g/mol. The maximum atomic E-state index is 12.4. The Hall–Kier alpha value is -3.55. The van der Waals surface area contributed by atoms with Crippen LogP contribution in [0.3, 0.4) is 0 Å². The lowest BCUT2D eigenvalue weighted by atomic mass is 9.94. The Morgan fingerprint density at radius 1 is 0.938 bits per heavy atom. The van der Waals surface area contributed by atoms with Crippen LogP contribution in [0.1, 0.15) is 48.0 Å². The Balaban J connectivity index is 1.12. The lowest BCUT2D eigenvalue weighted by Gasteiger charge is -2.15. The van der Waals surface area contributed by atoms with Crippen molar-refractivity contribution in [2.24, 2.45) is 17.8 Å². The van der Waals surface area contributed by atoms with Crippen LogP contribution in [-0.4, -0.2) is 32.0 Å². The summed E-state index contributed by atoms with van der Waals surface area (Å²) in [6, 6.07) is 16.8. The number of aromatic nitrogens is 4. The minimum atomic E-state index is -0.329. The van der Waals surface area contributed by atoms with Gasteiger partial charge in [0.05, 0.1) is 6.54 Å². The topological polar surface area (TPSA) is 102 Å². The highest BCUT2D eigenvalue weighted by atomic mass is 16.2. The molecule has 2 fully saturated rings. The van der Waals surface area contributed by atoms with Gasteiger partial charge in [-0.3, -0.25) is 20.4 Å². The number of carbonyl (C=O) groups is 2. The van der Waals surface area contributed by atoms with Crippen LogP contribution >= 0.6 is 0 Å². The van der Waals surface area contributed by atoms with E-state index >= 15 is 0 Å². The van der Waals surface area contributed by atoms with E-state index in [2.05, 4.69) is 26.3 Å². The Morgan fingerprint density at radius 3 is 2.28 bits per heavy atom. The Kier molecular flexibility index (Phi) is 5.66. The van der Waals surface area contributed by atoms with Crippen molar-refractivity contribution in [1.82, 2.24) is 31.1 Å². The number of hydrazine groups is 1. The van der Waals surface area contributed by atoms with E-state index < -0.39 is 0 Å². The molecule has 2 N–H and O–H groups in total. The third-order valence-corrected chi connectivity index (χ3v) is 6.22. The molecule has 2 aromatic carbocycles. The number of hydrogen-bond donors (Lipinski definition) is 2. The average molecular weight is 431 g/mol. The summed E-state index contributed by atoms with van der Waals surface area (Å²) in [6.07, 6.45) is 5.47. The molecule has 32 heavy (non-hydrogen) atoms. The molecule has 1 heterocycles. The zero-order valence-electron chi connectivity index (χ0n) is 17.8. The molecule has 0 bridgehead atoms. The zero-order valence-corrected chi connectivity index (χ0v) is 17.8. The third-order valence-electron chi connectivity index (χ3n) is 6.22. The average Bonchev–Trinajstić information content (AvgIpc) is 3.76. The van der Waals surface area contributed by atoms with Gasteiger partial charge in [0, 0.05) is 17.5 Å². The maximum Gasteiger partial charge on any atom is 0.269 e. The molecule has 0 atom stereocenters. The molecule has 2 saturated carbocycles. The fraction of sp³-hybridized carbons (Fsp3) is 0.375. The van der Waals surface area contributed by atoms with Crippen LogP contribution in [0.4, 0.5) is 0 Å². The van der Waals surface area contributed by atoms with Gasteiger partial charge in [0.2, 0.25) is 11.7 Å². The molecule has 0 spiro atoms. The molecule has 8 nitrogen and oxygen atoms in total. The molecule has 0 saturated heterocycles. The number of benzene rings is 2. The minimum absolute atomic E-state index is 0.106. The summed E-state index contributed by atoms with van der Waals surface area (Å²) < 4.78 is 0. The SMILES string of the molecule is O=C(CC(C1CC1)C1CC1)NNC(=O)c1ccc(Cn2nnc(-c3ccccc3)n2)cc1. The van der Waals surface area contributed by atoms with Gasteiger partial charge in [0.1, 0.15) is 0 Å². The quantitative estimate of drug-likeness (QED) is 0.535. The van der Waals surface area contributed by atoms with Crippen molar-refractivity contribution in [2.75, 3.05) is 0 Å². The van der Waals surface area contributed by atoms with E-state index in [1.165, 1.54) is 30.5 Å². The van der Waals surface area contributed by atoms with E-state index in [1.807, 2.05) is 42.5 Å². The predicted molar refractivity (Wildman–Crippen MR) is 118 cm³/mol. The molecule has 8 heteroatoms. The first kappa shape index (κ1) is 20.4. The first-order valence-electron chi connectivity index (χ1n) is 11.2. The van der Waals surface area contributed by atoms with E-state index in [-0.39, 0.29) is 11.8 Å². The summed E-state index contributed by atoms with van der Waals surface area (Å²) >= 11 is 0. The van der Waals surface area contributed by atoms with Crippen molar-refractivity contribution in [3.63, 3.8) is 0 Å². The molecule has 0 unspecified atom stereocenters. The highest BCUT2D eigenvalue weighted by molar-refractivity contribution is 5.95. The highest BCUT2D eigenvalue weighted by Crippen LogP contribution is 2.50. The van der Waals surface area contributed by atoms with E-state index in [1.54, 1.807) is 12.1 Å². The Labute approximate surface area is 186 Å². The van der Waals surface area contributed by atoms with Gasteiger partial charge >= 0.3 is 0 Å². The predicted octanol–water partition coefficient (Wildman–Crippen LogP) is 2.98. The lowest BCUT2D eigenvalue weighted by Crippen LogP contribution is -2.42. The lowest BCUT2D eigenvalue weighted by molar-refractivity contribution is -0.123. The van der Waals surface area contributed by atoms with E-state index in [9.17, 15) is 9.59 Å². The monoisotopic (exact) mass is 430 g/mol. The summed E-state index contributed by atoms with van der Waals surface area (Å²) in [4.78, 5) is 26.2. The summed E-state index contributed by atoms with van der Waals surface area (Å²) in [7, 11) is 0. The number of carbonyl (C=O) groups excluding carboxylic acids is 2. The number of nitrogens with zero attached hydrogens (tertiary/aromatic N) is 4. The van der Waals surface area contributed by atoms with Crippen molar-refractivity contribution in [3.8, 4) is 11.4 Å². The van der Waals surface area contributed by atoms with E-state index in [0.717, 1.165) is 11.1 Å². The molecule has 2 aliphatic carbocycles. The van der Waals surface area contributed by atoms with Crippen molar-refractivity contribution in [1.29, 1.82) is 0 Å². The maximum absolute atomic E-state index is 12.4. The van der Waals surface area contributed by atoms with E-state index in [0.29, 0.717) is 42.1 Å². The van der Waals surface area contributed by atoms with Crippen LogP contribution in [0, 0.1) is 17.8 Å². The molecular formula is C24H26N6O2. The number of amides is 2. The largest absolute Gasteiger partial charge is 0.273 e. The Bertz CT molecular complexity index is 1080. The van der Waals surface area contributed by atoms with Crippen molar-refractivity contribution in [3.05, 3.63) is 65.7 Å². The summed E-state index contributed by atoms with van der Waals surface area (Å²) in [6.45, 7) is 0.447. The Morgan fingerprint density at radius 2 is 1.62 bits per heavy atom. The van der Waals surface area contributed by atoms with Gasteiger partial charge in [-0.25, -0.2) is 0 Å². The number of rotatable bonds is 8. The van der Waals surface area contributed by atoms with Gasteiger partial charge in [0.15, 0.2) is 0 Å². The van der Waals surface area contributed by atoms with E-state index in [4.69, 9.17) is 0 Å². The molecule has 5 rings (SSSR count). The number of hydrogen-bond acceptors (Lipinski definition) is 5. The van der Waals surface area contributed by atoms with Gasteiger partial charge in [-0.2, -0.15) is 4.80 Å². The minimum Gasteiger partial charge on any atom is -0.273 e. The van der Waals surface area contributed by atoms with Gasteiger partial charge in [0.25, 0.3) is 5.91 Å². The van der Waals surface area contributed by atoms with Crippen molar-refractivity contribution >= 4 is 11.8 Å².